The predicted octanol–water partition coefficient (Wildman–Crippen LogP) is 3.71. The van der Waals surface area contributed by atoms with Gasteiger partial charge in [-0.05, 0) is 43.1 Å². The summed E-state index contributed by atoms with van der Waals surface area (Å²) < 4.78 is 0. The normalized spacial score (nSPS) is 12.4. The molecule has 0 saturated heterocycles. The number of rotatable bonds is 6. The number of likely N-dealkylation sites (N-methyl/N-ethyl adjacent to an activating group) is 1. The lowest BCUT2D eigenvalue weighted by atomic mass is 10.2. The summed E-state index contributed by atoms with van der Waals surface area (Å²) in [5.41, 5.74) is 1.10. The van der Waals surface area contributed by atoms with E-state index in [4.69, 9.17) is 11.6 Å². The van der Waals surface area contributed by atoms with Crippen LogP contribution in [-0.2, 0) is 11.3 Å². The van der Waals surface area contributed by atoms with Crippen molar-refractivity contribution in [1.29, 1.82) is 0 Å². The molecule has 1 N–H and O–H groups in total. The van der Waals surface area contributed by atoms with Gasteiger partial charge in [0, 0.05) is 16.4 Å². The molecule has 1 heterocycles. The number of hydrogen-bond donors (Lipinski definition) is 1. The molecule has 0 aliphatic carbocycles. The van der Waals surface area contributed by atoms with Crippen LogP contribution >= 0.6 is 22.9 Å². The molecule has 1 atom stereocenters. The summed E-state index contributed by atoms with van der Waals surface area (Å²) >= 11 is 7.62. The van der Waals surface area contributed by atoms with Crippen molar-refractivity contribution >= 4 is 28.8 Å². The monoisotopic (exact) mass is 322 g/mol. The fraction of sp³-hybridized carbons (Fsp3) is 0.312. The van der Waals surface area contributed by atoms with Crippen LogP contribution in [0, 0.1) is 0 Å². The SMILES string of the molecule is CC(NC(=O)CN(C)Cc1cccc(Cl)c1)c1cccs1. The molecule has 0 fully saturated rings. The van der Waals surface area contributed by atoms with Crippen LogP contribution in [0.2, 0.25) is 5.02 Å². The quantitative estimate of drug-likeness (QED) is 0.879. The highest BCUT2D eigenvalue weighted by molar-refractivity contribution is 7.10. The van der Waals surface area contributed by atoms with Crippen LogP contribution in [0.4, 0.5) is 0 Å². The fourth-order valence-electron chi connectivity index (χ4n) is 2.14. The van der Waals surface area contributed by atoms with Crippen molar-refractivity contribution < 1.29 is 4.79 Å². The van der Waals surface area contributed by atoms with Gasteiger partial charge >= 0.3 is 0 Å². The Hall–Kier alpha value is -1.36. The molecule has 2 rings (SSSR count). The highest BCUT2D eigenvalue weighted by atomic mass is 35.5. The average Bonchev–Trinajstić information content (AvgIpc) is 2.91. The number of amides is 1. The van der Waals surface area contributed by atoms with Crippen LogP contribution in [-0.4, -0.2) is 24.4 Å². The maximum Gasteiger partial charge on any atom is 0.234 e. The highest BCUT2D eigenvalue weighted by Gasteiger charge is 2.12. The van der Waals surface area contributed by atoms with E-state index in [1.54, 1.807) is 11.3 Å². The Morgan fingerprint density at radius 2 is 2.19 bits per heavy atom. The van der Waals surface area contributed by atoms with E-state index in [0.717, 1.165) is 10.6 Å². The molecule has 2 aromatic rings. The molecule has 1 unspecified atom stereocenters. The highest BCUT2D eigenvalue weighted by Crippen LogP contribution is 2.18. The first-order chi connectivity index (χ1) is 10.0. The number of nitrogens with one attached hydrogen (secondary N) is 1. The Kier molecular flexibility index (Phi) is 5.79. The summed E-state index contributed by atoms with van der Waals surface area (Å²) in [6.45, 7) is 3.06. The molecule has 5 heteroatoms. The lowest BCUT2D eigenvalue weighted by molar-refractivity contribution is -0.122. The molecule has 21 heavy (non-hydrogen) atoms. The minimum Gasteiger partial charge on any atom is -0.348 e. The summed E-state index contributed by atoms with van der Waals surface area (Å²) in [5.74, 6) is 0.0282. The second-order valence-corrected chi connectivity index (χ2v) is 6.52. The molecule has 3 nitrogen and oxygen atoms in total. The van der Waals surface area contributed by atoms with E-state index >= 15 is 0 Å². The number of benzene rings is 1. The number of hydrogen-bond acceptors (Lipinski definition) is 3. The van der Waals surface area contributed by atoms with Gasteiger partial charge < -0.3 is 5.32 Å². The van der Waals surface area contributed by atoms with Crippen molar-refractivity contribution in [3.8, 4) is 0 Å². The van der Waals surface area contributed by atoms with E-state index in [1.807, 2.05) is 60.6 Å². The van der Waals surface area contributed by atoms with Crippen molar-refractivity contribution in [2.75, 3.05) is 13.6 Å². The third-order valence-electron chi connectivity index (χ3n) is 3.10. The van der Waals surface area contributed by atoms with Crippen LogP contribution in [0.1, 0.15) is 23.4 Å². The molecule has 1 aromatic carbocycles. The first kappa shape index (κ1) is 16.0. The molecule has 1 amide bonds. The van der Waals surface area contributed by atoms with Gasteiger partial charge in [0.05, 0.1) is 12.6 Å². The molecular weight excluding hydrogens is 304 g/mol. The molecule has 112 valence electrons. The summed E-state index contributed by atoms with van der Waals surface area (Å²) in [7, 11) is 1.93. The second-order valence-electron chi connectivity index (χ2n) is 5.11. The zero-order chi connectivity index (χ0) is 15.2. The van der Waals surface area contributed by atoms with E-state index < -0.39 is 0 Å². The van der Waals surface area contributed by atoms with Gasteiger partial charge in [-0.25, -0.2) is 0 Å². The van der Waals surface area contributed by atoms with Gasteiger partial charge in [-0.3, -0.25) is 9.69 Å². The largest absolute Gasteiger partial charge is 0.348 e. The Balaban J connectivity index is 1.82. The van der Waals surface area contributed by atoms with Gasteiger partial charge in [-0.1, -0.05) is 29.8 Å². The van der Waals surface area contributed by atoms with Crippen LogP contribution in [0.5, 0.6) is 0 Å². The van der Waals surface area contributed by atoms with Gasteiger partial charge in [0.25, 0.3) is 0 Å². The summed E-state index contributed by atoms with van der Waals surface area (Å²) in [6.07, 6.45) is 0. The Labute approximate surface area is 134 Å². The van der Waals surface area contributed by atoms with E-state index in [0.29, 0.717) is 13.1 Å². The molecule has 1 aromatic heterocycles. The zero-order valence-electron chi connectivity index (χ0n) is 12.2. The van der Waals surface area contributed by atoms with E-state index in [1.165, 1.54) is 4.88 Å². The van der Waals surface area contributed by atoms with Crippen LogP contribution in [0.25, 0.3) is 0 Å². The first-order valence-electron chi connectivity index (χ1n) is 6.80. The lowest BCUT2D eigenvalue weighted by Gasteiger charge is -2.18. The minimum absolute atomic E-state index is 0.0282. The maximum absolute atomic E-state index is 12.0. The number of halogens is 1. The molecule has 0 bridgehead atoms. The number of carbonyl (C=O) groups is 1. The Morgan fingerprint density at radius 3 is 2.86 bits per heavy atom. The predicted molar refractivity (Wildman–Crippen MR) is 88.7 cm³/mol. The van der Waals surface area contributed by atoms with Gasteiger partial charge in [0.1, 0.15) is 0 Å². The van der Waals surface area contributed by atoms with Crippen molar-refractivity contribution in [2.45, 2.75) is 19.5 Å². The third-order valence-corrected chi connectivity index (χ3v) is 4.39. The summed E-state index contributed by atoms with van der Waals surface area (Å²) in [5, 5.41) is 5.75. The van der Waals surface area contributed by atoms with Gasteiger partial charge in [-0.15, -0.1) is 11.3 Å². The van der Waals surface area contributed by atoms with E-state index in [2.05, 4.69) is 5.32 Å². The minimum atomic E-state index is 0.0282. The Bertz CT molecular complexity index is 586. The molecule has 0 saturated carbocycles. The van der Waals surface area contributed by atoms with Crippen molar-refractivity contribution in [2.24, 2.45) is 0 Å². The molecular formula is C16H19ClN2OS. The summed E-state index contributed by atoms with van der Waals surface area (Å²) in [6, 6.07) is 11.8. The van der Waals surface area contributed by atoms with Gasteiger partial charge in [0.2, 0.25) is 5.91 Å². The van der Waals surface area contributed by atoms with Gasteiger partial charge in [0.15, 0.2) is 0 Å². The topological polar surface area (TPSA) is 32.3 Å². The molecule has 0 radical (unpaired) electrons. The van der Waals surface area contributed by atoms with E-state index in [9.17, 15) is 4.79 Å². The summed E-state index contributed by atoms with van der Waals surface area (Å²) in [4.78, 5) is 15.2. The fourth-order valence-corrected chi connectivity index (χ4v) is 3.09. The third kappa shape index (κ3) is 5.16. The number of nitrogens with zero attached hydrogens (tertiary/aromatic N) is 1. The number of carbonyl (C=O) groups excluding carboxylic acids is 1. The lowest BCUT2D eigenvalue weighted by Crippen LogP contribution is -2.36. The Morgan fingerprint density at radius 1 is 1.38 bits per heavy atom. The van der Waals surface area contributed by atoms with Crippen LogP contribution < -0.4 is 5.32 Å². The molecule has 0 aliphatic heterocycles. The standard InChI is InChI=1S/C16H19ClN2OS/c1-12(15-7-4-8-21-15)18-16(20)11-19(2)10-13-5-3-6-14(17)9-13/h3-9,12H,10-11H2,1-2H3,(H,18,20). The van der Waals surface area contributed by atoms with Crippen molar-refractivity contribution in [3.63, 3.8) is 0 Å². The molecule has 0 aliphatic rings. The van der Waals surface area contributed by atoms with Crippen molar-refractivity contribution in [1.82, 2.24) is 10.2 Å². The van der Waals surface area contributed by atoms with Crippen molar-refractivity contribution in [3.05, 3.63) is 57.2 Å². The zero-order valence-corrected chi connectivity index (χ0v) is 13.7. The van der Waals surface area contributed by atoms with Crippen LogP contribution in [0.15, 0.2) is 41.8 Å². The second kappa shape index (κ2) is 7.59. The average molecular weight is 323 g/mol. The van der Waals surface area contributed by atoms with E-state index in [-0.39, 0.29) is 11.9 Å². The smallest absolute Gasteiger partial charge is 0.234 e. The molecule has 0 spiro atoms. The first-order valence-corrected chi connectivity index (χ1v) is 8.06. The number of thiophene rings is 1. The van der Waals surface area contributed by atoms with Crippen LogP contribution in [0.3, 0.4) is 0 Å². The van der Waals surface area contributed by atoms with Gasteiger partial charge in [-0.2, -0.15) is 0 Å². The maximum atomic E-state index is 12.0.